The summed E-state index contributed by atoms with van der Waals surface area (Å²) in [5, 5.41) is 10.6. The first-order valence-electron chi connectivity index (χ1n) is 2.65. The Kier molecular flexibility index (Phi) is 3.59. The second-order valence-corrected chi connectivity index (χ2v) is 6.16. The van der Waals surface area contributed by atoms with Gasteiger partial charge in [-0.25, -0.2) is 0 Å². The summed E-state index contributed by atoms with van der Waals surface area (Å²) >= 11 is 30.8. The normalized spacial score (nSPS) is 13.4. The lowest BCUT2D eigenvalue weighted by Crippen LogP contribution is -2.36. The van der Waals surface area contributed by atoms with Crippen molar-refractivity contribution in [1.82, 2.24) is 20.2 Å². The van der Waals surface area contributed by atoms with E-state index in [-0.39, 0.29) is 4.73 Å². The predicted octanol–water partition coefficient (Wildman–Crippen LogP) is 2.89. The average Bonchev–Trinajstić information content (AvgIpc) is 2.33. The van der Waals surface area contributed by atoms with Crippen LogP contribution in [-0.4, -0.2) is 24.0 Å². The molecular formula is C3BrCl5N4. The first-order valence-corrected chi connectivity index (χ1v) is 5.34. The number of aromatic nitrogens is 4. The van der Waals surface area contributed by atoms with Crippen LogP contribution in [0.2, 0.25) is 0 Å². The molecule has 0 saturated carbocycles. The zero-order valence-corrected chi connectivity index (χ0v) is 10.9. The van der Waals surface area contributed by atoms with E-state index in [1.165, 1.54) is 0 Å². The zero-order chi connectivity index (χ0) is 10.3. The zero-order valence-electron chi connectivity index (χ0n) is 5.56. The molecule has 1 aromatic heterocycles. The summed E-state index contributed by atoms with van der Waals surface area (Å²) in [4.78, 5) is 0.785. The number of hydrogen-bond acceptors (Lipinski definition) is 3. The third-order valence-corrected chi connectivity index (χ3v) is 3.57. The Morgan fingerprint density at radius 3 is 2.00 bits per heavy atom. The summed E-state index contributed by atoms with van der Waals surface area (Å²) in [5.74, 6) is 0. The SMILES string of the molecule is ClC(Cl)(Cl)C(Cl)(Cl)n1nnc(Br)n1. The van der Waals surface area contributed by atoms with Gasteiger partial charge in [0.1, 0.15) is 0 Å². The molecule has 10 heteroatoms. The van der Waals surface area contributed by atoms with E-state index in [2.05, 4.69) is 31.3 Å². The minimum Gasteiger partial charge on any atom is -0.122 e. The summed E-state index contributed by atoms with van der Waals surface area (Å²) in [6.07, 6.45) is 0. The van der Waals surface area contributed by atoms with Gasteiger partial charge in [-0.15, -0.1) is 15.0 Å². The molecule has 0 fully saturated rings. The van der Waals surface area contributed by atoms with E-state index in [1.807, 2.05) is 0 Å². The predicted molar refractivity (Wildman–Crippen MR) is 55.5 cm³/mol. The largest absolute Gasteiger partial charge is 0.276 e. The molecule has 0 aliphatic rings. The Bertz CT molecular complexity index is 305. The second kappa shape index (κ2) is 3.87. The van der Waals surface area contributed by atoms with Gasteiger partial charge < -0.3 is 0 Å². The molecule has 0 aliphatic heterocycles. The number of rotatable bonds is 1. The van der Waals surface area contributed by atoms with Crippen LogP contribution in [0.3, 0.4) is 0 Å². The first kappa shape index (κ1) is 12.1. The Morgan fingerprint density at radius 2 is 1.69 bits per heavy atom. The summed E-state index contributed by atoms with van der Waals surface area (Å²) in [6, 6.07) is 0. The van der Waals surface area contributed by atoms with Gasteiger partial charge in [-0.2, -0.15) is 0 Å². The minimum absolute atomic E-state index is 0.187. The fourth-order valence-electron chi connectivity index (χ4n) is 0.430. The van der Waals surface area contributed by atoms with E-state index in [9.17, 15) is 0 Å². The fourth-order valence-corrected chi connectivity index (χ4v) is 1.02. The monoisotopic (exact) mass is 346 g/mol. The van der Waals surface area contributed by atoms with Crippen LogP contribution in [0.15, 0.2) is 4.73 Å². The molecule has 13 heavy (non-hydrogen) atoms. The molecular weight excluding hydrogens is 349 g/mol. The summed E-state index contributed by atoms with van der Waals surface area (Å²) in [6.45, 7) is 0. The van der Waals surface area contributed by atoms with Crippen molar-refractivity contribution in [2.75, 3.05) is 0 Å². The van der Waals surface area contributed by atoms with Gasteiger partial charge >= 0.3 is 0 Å². The van der Waals surface area contributed by atoms with Crippen molar-refractivity contribution in [3.05, 3.63) is 4.73 Å². The lowest BCUT2D eigenvalue weighted by Gasteiger charge is -2.24. The standard InChI is InChI=1S/C3BrCl5N4/c4-1-10-12-13(11-1)3(8,9)2(5,6)7. The molecule has 0 bridgehead atoms. The van der Waals surface area contributed by atoms with Gasteiger partial charge in [-0.1, -0.05) is 58.0 Å². The number of hydrogen-bond donors (Lipinski definition) is 0. The van der Waals surface area contributed by atoms with Crippen molar-refractivity contribution in [3.63, 3.8) is 0 Å². The Hall–Kier alpha value is 1.00. The van der Waals surface area contributed by atoms with Crippen LogP contribution in [-0.2, 0) is 4.46 Å². The van der Waals surface area contributed by atoms with Crippen LogP contribution < -0.4 is 0 Å². The van der Waals surface area contributed by atoms with Crippen molar-refractivity contribution < 1.29 is 0 Å². The van der Waals surface area contributed by atoms with E-state index in [1.54, 1.807) is 0 Å². The highest BCUT2D eigenvalue weighted by atomic mass is 79.9. The quantitative estimate of drug-likeness (QED) is 0.733. The summed E-state index contributed by atoms with van der Waals surface area (Å²) < 4.78 is -3.68. The molecule has 0 saturated heterocycles. The van der Waals surface area contributed by atoms with E-state index in [4.69, 9.17) is 58.0 Å². The summed E-state index contributed by atoms with van der Waals surface area (Å²) in [5.41, 5.74) is 0. The smallest absolute Gasteiger partial charge is 0.122 e. The molecule has 1 heterocycles. The molecule has 0 radical (unpaired) electrons. The molecule has 0 aromatic carbocycles. The van der Waals surface area contributed by atoms with Gasteiger partial charge in [0.15, 0.2) is 0 Å². The number of halogens is 6. The van der Waals surface area contributed by atoms with Crippen molar-refractivity contribution in [2.45, 2.75) is 8.25 Å². The van der Waals surface area contributed by atoms with Crippen LogP contribution in [0.25, 0.3) is 0 Å². The maximum absolute atomic E-state index is 5.70. The van der Waals surface area contributed by atoms with Gasteiger partial charge in [-0.3, -0.25) is 0 Å². The highest BCUT2D eigenvalue weighted by Crippen LogP contribution is 2.48. The third kappa shape index (κ3) is 2.52. The van der Waals surface area contributed by atoms with Gasteiger partial charge in [-0.05, 0) is 21.1 Å². The van der Waals surface area contributed by atoms with Crippen LogP contribution in [0.5, 0.6) is 0 Å². The van der Waals surface area contributed by atoms with Gasteiger partial charge in [0.25, 0.3) is 4.46 Å². The molecule has 4 nitrogen and oxygen atoms in total. The molecule has 0 unspecified atom stereocenters. The molecule has 0 atom stereocenters. The van der Waals surface area contributed by atoms with Gasteiger partial charge in [0.05, 0.1) is 0 Å². The van der Waals surface area contributed by atoms with E-state index < -0.39 is 8.25 Å². The Labute approximate surface area is 107 Å². The highest BCUT2D eigenvalue weighted by Gasteiger charge is 2.50. The maximum atomic E-state index is 5.70. The van der Waals surface area contributed by atoms with Crippen molar-refractivity contribution in [3.8, 4) is 0 Å². The molecule has 0 N–H and O–H groups in total. The van der Waals surface area contributed by atoms with Crippen LogP contribution in [0.1, 0.15) is 0 Å². The maximum Gasteiger partial charge on any atom is 0.276 e. The van der Waals surface area contributed by atoms with Crippen LogP contribution in [0.4, 0.5) is 0 Å². The van der Waals surface area contributed by atoms with Crippen LogP contribution >= 0.6 is 73.9 Å². The molecule has 0 aliphatic carbocycles. The first-order chi connectivity index (χ1) is 5.75. The average molecular weight is 349 g/mol. The van der Waals surface area contributed by atoms with Crippen LogP contribution in [0, 0.1) is 0 Å². The van der Waals surface area contributed by atoms with E-state index in [0.717, 1.165) is 4.80 Å². The molecule has 74 valence electrons. The number of alkyl halides is 5. The highest BCUT2D eigenvalue weighted by molar-refractivity contribution is 9.10. The van der Waals surface area contributed by atoms with E-state index in [0.29, 0.717) is 0 Å². The Morgan fingerprint density at radius 1 is 1.15 bits per heavy atom. The number of nitrogens with zero attached hydrogens (tertiary/aromatic N) is 4. The minimum atomic E-state index is -1.96. The van der Waals surface area contributed by atoms with Crippen molar-refractivity contribution in [1.29, 1.82) is 0 Å². The van der Waals surface area contributed by atoms with Gasteiger partial charge in [0, 0.05) is 0 Å². The topological polar surface area (TPSA) is 43.6 Å². The number of tetrazole rings is 1. The summed E-state index contributed by atoms with van der Waals surface area (Å²) in [7, 11) is 0. The lowest BCUT2D eigenvalue weighted by molar-refractivity contribution is 0.459. The molecule has 1 rings (SSSR count). The van der Waals surface area contributed by atoms with Crippen molar-refractivity contribution >= 4 is 73.9 Å². The fraction of sp³-hybridized carbons (Fsp3) is 0.667. The lowest BCUT2D eigenvalue weighted by atomic mass is 10.7. The molecule has 0 amide bonds. The Balaban J connectivity index is 3.07. The van der Waals surface area contributed by atoms with Gasteiger partial charge in [0.2, 0.25) is 8.53 Å². The van der Waals surface area contributed by atoms with Crippen molar-refractivity contribution in [2.24, 2.45) is 0 Å². The second-order valence-electron chi connectivity index (χ2n) is 1.89. The van der Waals surface area contributed by atoms with E-state index >= 15 is 0 Å². The third-order valence-electron chi connectivity index (χ3n) is 0.981. The molecule has 1 aromatic rings. The molecule has 0 spiro atoms.